The van der Waals surface area contributed by atoms with Crippen LogP contribution in [-0.2, 0) is 21.7 Å². The first-order chi connectivity index (χ1) is 18.4. The van der Waals surface area contributed by atoms with Crippen molar-refractivity contribution < 1.29 is 19.4 Å². The normalized spacial score (nSPS) is 22.9. The molecule has 2 saturated carbocycles. The standard InChI is InChI=1S/C28H30N4O4S2/c1-31(9-4-10-32-23-8-7-19(18-33)13-22(23)29-30-32)20-14-27(15-20)16-21(17-27)36-26(34)28(35,24-5-2-11-37-24)25-6-3-12-38-25/h2-3,5-8,11-13,18,20-21,35H,4,9-10,14-17H2,1H3. The van der Waals surface area contributed by atoms with E-state index in [4.69, 9.17) is 4.74 Å². The van der Waals surface area contributed by atoms with Gasteiger partial charge in [0, 0.05) is 18.2 Å². The summed E-state index contributed by atoms with van der Waals surface area (Å²) in [4.78, 5) is 27.8. The molecule has 1 N–H and O–H groups in total. The smallest absolute Gasteiger partial charge is 0.349 e. The number of hydrogen-bond donors (Lipinski definition) is 1. The van der Waals surface area contributed by atoms with Crippen LogP contribution in [0.15, 0.2) is 53.2 Å². The lowest BCUT2D eigenvalue weighted by Gasteiger charge is -2.59. The molecule has 6 rings (SSSR count). The van der Waals surface area contributed by atoms with Gasteiger partial charge in [-0.05, 0) is 92.2 Å². The maximum atomic E-state index is 13.2. The van der Waals surface area contributed by atoms with E-state index in [0.717, 1.165) is 62.5 Å². The summed E-state index contributed by atoms with van der Waals surface area (Å²) in [6.07, 6.45) is 5.59. The van der Waals surface area contributed by atoms with Gasteiger partial charge in [0.25, 0.3) is 0 Å². The van der Waals surface area contributed by atoms with Gasteiger partial charge in [-0.2, -0.15) is 0 Å². The third-order valence-corrected chi connectivity index (χ3v) is 10.1. The second-order valence-electron chi connectivity index (χ2n) is 10.7. The van der Waals surface area contributed by atoms with Crippen LogP contribution in [0.3, 0.4) is 0 Å². The summed E-state index contributed by atoms with van der Waals surface area (Å²) in [6.45, 7) is 1.73. The highest BCUT2D eigenvalue weighted by Gasteiger charge is 2.56. The Bertz CT molecular complexity index is 1380. The molecule has 0 bridgehead atoms. The minimum Gasteiger partial charge on any atom is -0.460 e. The molecule has 2 fully saturated rings. The van der Waals surface area contributed by atoms with Crippen LogP contribution in [0.5, 0.6) is 0 Å². The Hall–Kier alpha value is -2.92. The van der Waals surface area contributed by atoms with Gasteiger partial charge in [-0.1, -0.05) is 17.3 Å². The number of carbonyl (C=O) groups excluding carboxylic acids is 2. The minimum atomic E-state index is -1.74. The highest BCUT2D eigenvalue weighted by atomic mass is 32.1. The van der Waals surface area contributed by atoms with E-state index < -0.39 is 11.6 Å². The van der Waals surface area contributed by atoms with Gasteiger partial charge in [0.1, 0.15) is 17.9 Å². The van der Waals surface area contributed by atoms with Crippen LogP contribution < -0.4 is 0 Å². The predicted molar refractivity (Wildman–Crippen MR) is 146 cm³/mol. The molecule has 0 aliphatic heterocycles. The molecule has 3 heterocycles. The molecule has 1 spiro atoms. The lowest BCUT2D eigenvalue weighted by atomic mass is 9.52. The molecule has 2 aliphatic carbocycles. The molecule has 4 aromatic rings. The summed E-state index contributed by atoms with van der Waals surface area (Å²) < 4.78 is 7.76. The summed E-state index contributed by atoms with van der Waals surface area (Å²) >= 11 is 2.73. The Morgan fingerprint density at radius 2 is 1.89 bits per heavy atom. The van der Waals surface area contributed by atoms with Crippen molar-refractivity contribution in [1.82, 2.24) is 19.9 Å². The maximum Gasteiger partial charge on any atom is 0.349 e. The van der Waals surface area contributed by atoms with E-state index in [0.29, 0.717) is 21.4 Å². The molecule has 3 aromatic heterocycles. The number of hydrogen-bond acceptors (Lipinski definition) is 9. The third-order valence-electron chi connectivity index (χ3n) is 8.16. The van der Waals surface area contributed by atoms with Gasteiger partial charge >= 0.3 is 5.97 Å². The first-order valence-electron chi connectivity index (χ1n) is 12.9. The van der Waals surface area contributed by atoms with Gasteiger partial charge in [-0.3, -0.25) is 4.79 Å². The molecule has 0 atom stereocenters. The van der Waals surface area contributed by atoms with E-state index >= 15 is 0 Å². The number of nitrogens with zero attached hydrogens (tertiary/aromatic N) is 4. The second-order valence-corrected chi connectivity index (χ2v) is 12.6. The van der Waals surface area contributed by atoms with Gasteiger partial charge in [0.2, 0.25) is 5.60 Å². The van der Waals surface area contributed by atoms with Crippen molar-refractivity contribution >= 4 is 46.0 Å². The zero-order valence-electron chi connectivity index (χ0n) is 21.2. The highest BCUT2D eigenvalue weighted by Crippen LogP contribution is 2.58. The number of aliphatic hydroxyl groups is 1. The summed E-state index contributed by atoms with van der Waals surface area (Å²) in [5.74, 6) is -0.571. The first-order valence-corrected chi connectivity index (χ1v) is 14.7. The zero-order valence-corrected chi connectivity index (χ0v) is 22.8. The van der Waals surface area contributed by atoms with Gasteiger partial charge in [-0.25, -0.2) is 9.48 Å². The van der Waals surface area contributed by atoms with Crippen LogP contribution in [0.2, 0.25) is 0 Å². The molecular weight excluding hydrogens is 520 g/mol. The lowest BCUT2D eigenvalue weighted by Crippen LogP contribution is -2.58. The van der Waals surface area contributed by atoms with Crippen LogP contribution in [-0.4, -0.2) is 63.0 Å². The molecule has 0 saturated heterocycles. The van der Waals surface area contributed by atoms with Crippen LogP contribution >= 0.6 is 22.7 Å². The zero-order chi connectivity index (χ0) is 26.3. The quantitative estimate of drug-likeness (QED) is 0.230. The number of aryl methyl sites for hydroxylation is 1. The molecule has 2 aliphatic rings. The maximum absolute atomic E-state index is 13.2. The van der Waals surface area contributed by atoms with Gasteiger partial charge in [0.15, 0.2) is 0 Å². The average Bonchev–Trinajstić information content (AvgIpc) is 3.66. The van der Waals surface area contributed by atoms with Crippen molar-refractivity contribution in [3.8, 4) is 0 Å². The Balaban J connectivity index is 0.971. The number of rotatable bonds is 10. The van der Waals surface area contributed by atoms with Gasteiger partial charge in [-0.15, -0.1) is 27.8 Å². The minimum absolute atomic E-state index is 0.138. The van der Waals surface area contributed by atoms with Crippen LogP contribution in [0, 0.1) is 5.41 Å². The Morgan fingerprint density at radius 1 is 1.18 bits per heavy atom. The van der Waals surface area contributed by atoms with Crippen LogP contribution in [0.1, 0.15) is 52.2 Å². The summed E-state index contributed by atoms with van der Waals surface area (Å²) in [5, 5.41) is 23.6. The topological polar surface area (TPSA) is 97.5 Å². The molecule has 0 radical (unpaired) electrons. The molecule has 0 unspecified atom stereocenters. The number of aromatic nitrogens is 3. The number of esters is 1. The Morgan fingerprint density at radius 3 is 2.53 bits per heavy atom. The number of ether oxygens (including phenoxy) is 1. The van der Waals surface area contributed by atoms with Gasteiger partial charge < -0.3 is 14.7 Å². The van der Waals surface area contributed by atoms with Crippen molar-refractivity contribution in [2.45, 2.75) is 56.4 Å². The third kappa shape index (κ3) is 4.49. The summed E-state index contributed by atoms with van der Waals surface area (Å²) in [5.41, 5.74) is 0.817. The molecule has 1 aromatic carbocycles. The van der Waals surface area contributed by atoms with Gasteiger partial charge in [0.05, 0.1) is 15.3 Å². The van der Waals surface area contributed by atoms with E-state index in [1.54, 1.807) is 24.3 Å². The molecule has 8 nitrogen and oxygen atoms in total. The van der Waals surface area contributed by atoms with Crippen molar-refractivity contribution in [2.24, 2.45) is 5.41 Å². The summed E-state index contributed by atoms with van der Waals surface area (Å²) in [7, 11) is 2.17. The van der Waals surface area contributed by atoms with Crippen molar-refractivity contribution in [3.05, 3.63) is 68.5 Å². The number of aldehydes is 1. The molecule has 0 amide bonds. The van der Waals surface area contributed by atoms with E-state index in [9.17, 15) is 14.7 Å². The van der Waals surface area contributed by atoms with Crippen molar-refractivity contribution in [3.63, 3.8) is 0 Å². The number of benzene rings is 1. The highest BCUT2D eigenvalue weighted by molar-refractivity contribution is 7.12. The monoisotopic (exact) mass is 550 g/mol. The number of thiophene rings is 2. The van der Waals surface area contributed by atoms with E-state index in [1.807, 2.05) is 33.6 Å². The molecule has 198 valence electrons. The SMILES string of the molecule is CN(CCCn1nnc2cc(C=O)ccc21)C1CC2(CC(OC(=O)C(O)(c3cccs3)c3cccs3)C2)C1. The fraction of sp³-hybridized carbons (Fsp3) is 0.429. The van der Waals surface area contributed by atoms with E-state index in [1.165, 1.54) is 22.7 Å². The van der Waals surface area contributed by atoms with Crippen molar-refractivity contribution in [1.29, 1.82) is 0 Å². The number of fused-ring (bicyclic) bond motifs is 1. The lowest BCUT2D eigenvalue weighted by molar-refractivity contribution is -0.189. The fourth-order valence-corrected chi connectivity index (χ4v) is 7.70. The molecule has 10 heteroatoms. The number of carbonyl (C=O) groups is 2. The van der Waals surface area contributed by atoms with Crippen molar-refractivity contribution in [2.75, 3.05) is 13.6 Å². The second kappa shape index (κ2) is 10.00. The summed E-state index contributed by atoms with van der Waals surface area (Å²) in [6, 6.07) is 13.2. The van der Waals surface area contributed by atoms with Crippen LogP contribution in [0.25, 0.3) is 11.0 Å². The molecular formula is C28H30N4O4S2. The van der Waals surface area contributed by atoms with Crippen LogP contribution in [0.4, 0.5) is 0 Å². The Kier molecular flexibility index (Phi) is 6.67. The van der Waals surface area contributed by atoms with E-state index in [2.05, 4.69) is 22.3 Å². The molecule has 38 heavy (non-hydrogen) atoms. The van der Waals surface area contributed by atoms with E-state index in [-0.39, 0.29) is 11.5 Å². The first kappa shape index (κ1) is 25.4. The average molecular weight is 551 g/mol. The largest absolute Gasteiger partial charge is 0.460 e. The fourth-order valence-electron chi connectivity index (χ4n) is 5.98. The Labute approximate surface area is 228 Å². The predicted octanol–water partition coefficient (Wildman–Crippen LogP) is 4.48.